The van der Waals surface area contributed by atoms with Crippen LogP contribution in [0.2, 0.25) is 0 Å². The van der Waals surface area contributed by atoms with E-state index in [1.165, 1.54) is 10.6 Å². The van der Waals surface area contributed by atoms with Gasteiger partial charge < -0.3 is 0 Å². The van der Waals surface area contributed by atoms with E-state index < -0.39 is 0 Å². The average Bonchev–Trinajstić information content (AvgIpc) is 2.87. The minimum absolute atomic E-state index is 0.171. The molecular weight excluding hydrogens is 256 g/mol. The Morgan fingerprint density at radius 1 is 1.30 bits per heavy atom. The van der Waals surface area contributed by atoms with Crippen molar-refractivity contribution in [2.75, 3.05) is 0 Å². The van der Waals surface area contributed by atoms with Gasteiger partial charge in [-0.15, -0.1) is 5.10 Å². The Hall–Kier alpha value is -2.57. The third kappa shape index (κ3) is 2.07. The lowest BCUT2D eigenvalue weighted by molar-refractivity contribution is 0.475. The molecule has 3 aromatic rings. The molecule has 3 heterocycles. The van der Waals surface area contributed by atoms with Gasteiger partial charge in [-0.3, -0.25) is 9.20 Å². The first-order valence-corrected chi connectivity index (χ1v) is 6.40. The van der Waals surface area contributed by atoms with Crippen LogP contribution in [0.15, 0.2) is 35.4 Å². The molecule has 0 aliphatic rings. The molecule has 0 radical (unpaired) electrons. The molecule has 0 aliphatic carbocycles. The van der Waals surface area contributed by atoms with Gasteiger partial charge in [-0.1, -0.05) is 19.9 Å². The maximum atomic E-state index is 12.5. The Bertz CT molecular complexity index is 804. The molecule has 0 aromatic carbocycles. The quantitative estimate of drug-likeness (QED) is 0.709. The fraction of sp³-hybridized carbons (Fsp3) is 0.308. The fourth-order valence-corrected chi connectivity index (χ4v) is 2.05. The summed E-state index contributed by atoms with van der Waals surface area (Å²) in [4.78, 5) is 16.8. The van der Waals surface area contributed by atoms with Gasteiger partial charge >= 0.3 is 0 Å². The molecule has 0 fully saturated rings. The molecule has 0 amide bonds. The lowest BCUT2D eigenvalue weighted by Crippen LogP contribution is -2.19. The topological polar surface area (TPSA) is 78.0 Å². The molecule has 7 nitrogen and oxygen atoms in total. The van der Waals surface area contributed by atoms with E-state index in [4.69, 9.17) is 0 Å². The van der Waals surface area contributed by atoms with Crippen molar-refractivity contribution in [1.29, 1.82) is 0 Å². The number of hydrogen-bond acceptors (Lipinski definition) is 5. The molecule has 20 heavy (non-hydrogen) atoms. The number of pyridine rings is 1. The van der Waals surface area contributed by atoms with Crippen molar-refractivity contribution in [3.8, 4) is 11.4 Å². The number of rotatable bonds is 3. The second-order valence-electron chi connectivity index (χ2n) is 4.98. The summed E-state index contributed by atoms with van der Waals surface area (Å²) in [5.41, 5.74) is 0.832. The maximum Gasteiger partial charge on any atom is 0.269 e. The molecule has 0 atom stereocenters. The van der Waals surface area contributed by atoms with E-state index in [0.717, 1.165) is 0 Å². The molecule has 0 bridgehead atoms. The Morgan fingerprint density at radius 2 is 2.15 bits per heavy atom. The molecule has 3 aromatic heterocycles. The SMILES string of the molecule is CC(C)Cn1nnnc1-c1cnc2ccccn2c1=O. The number of nitrogens with zero attached hydrogens (tertiary/aromatic N) is 6. The van der Waals surface area contributed by atoms with Crippen LogP contribution >= 0.6 is 0 Å². The molecule has 0 saturated heterocycles. The van der Waals surface area contributed by atoms with Crippen LogP contribution in [0.3, 0.4) is 0 Å². The van der Waals surface area contributed by atoms with Gasteiger partial charge in [-0.05, 0) is 28.5 Å². The van der Waals surface area contributed by atoms with Crippen LogP contribution in [0, 0.1) is 5.92 Å². The maximum absolute atomic E-state index is 12.5. The zero-order chi connectivity index (χ0) is 14.1. The predicted octanol–water partition coefficient (Wildman–Crippen LogP) is 1.00. The summed E-state index contributed by atoms with van der Waals surface area (Å²) in [5.74, 6) is 0.836. The van der Waals surface area contributed by atoms with E-state index in [1.54, 1.807) is 23.0 Å². The second-order valence-corrected chi connectivity index (χ2v) is 4.98. The van der Waals surface area contributed by atoms with Gasteiger partial charge in [0.1, 0.15) is 11.2 Å². The third-order valence-electron chi connectivity index (χ3n) is 2.92. The standard InChI is InChI=1S/C13H14N6O/c1-9(2)8-19-12(15-16-17-19)10-7-14-11-5-3-4-6-18(11)13(10)20/h3-7,9H,8H2,1-2H3. The van der Waals surface area contributed by atoms with E-state index in [1.807, 2.05) is 6.07 Å². The van der Waals surface area contributed by atoms with Crippen LogP contribution in [0.25, 0.3) is 17.0 Å². The first-order valence-electron chi connectivity index (χ1n) is 6.40. The molecular formula is C13H14N6O. The molecule has 102 valence electrons. The molecule has 7 heteroatoms. The Labute approximate surface area is 114 Å². The van der Waals surface area contributed by atoms with Gasteiger partial charge in [-0.25, -0.2) is 9.67 Å². The van der Waals surface area contributed by atoms with Gasteiger partial charge in [0, 0.05) is 18.9 Å². The Morgan fingerprint density at radius 3 is 2.95 bits per heavy atom. The number of fused-ring (bicyclic) bond motifs is 1. The first-order chi connectivity index (χ1) is 9.66. The van der Waals surface area contributed by atoms with Crippen LogP contribution in [0.1, 0.15) is 13.8 Å². The fourth-order valence-electron chi connectivity index (χ4n) is 2.05. The summed E-state index contributed by atoms with van der Waals surface area (Å²) in [7, 11) is 0. The highest BCUT2D eigenvalue weighted by molar-refractivity contribution is 5.54. The van der Waals surface area contributed by atoms with Crippen molar-refractivity contribution in [3.63, 3.8) is 0 Å². The van der Waals surface area contributed by atoms with Crippen LogP contribution in [0.4, 0.5) is 0 Å². The molecule has 0 N–H and O–H groups in total. The summed E-state index contributed by atoms with van der Waals surface area (Å²) in [6, 6.07) is 5.41. The van der Waals surface area contributed by atoms with Crippen molar-refractivity contribution >= 4 is 5.65 Å². The largest absolute Gasteiger partial charge is 0.269 e. The van der Waals surface area contributed by atoms with E-state index >= 15 is 0 Å². The summed E-state index contributed by atoms with van der Waals surface area (Å²) in [5, 5.41) is 11.5. The predicted molar refractivity (Wildman–Crippen MR) is 73.1 cm³/mol. The summed E-state index contributed by atoms with van der Waals surface area (Å²) in [6.45, 7) is 4.78. The monoisotopic (exact) mass is 270 g/mol. The molecule has 0 spiro atoms. The van der Waals surface area contributed by atoms with Gasteiger partial charge in [0.05, 0.1) is 0 Å². The van der Waals surface area contributed by atoms with Crippen LogP contribution < -0.4 is 5.56 Å². The van der Waals surface area contributed by atoms with Gasteiger partial charge in [0.15, 0.2) is 5.82 Å². The Balaban J connectivity index is 2.18. The van der Waals surface area contributed by atoms with Crippen molar-refractivity contribution in [1.82, 2.24) is 29.6 Å². The van der Waals surface area contributed by atoms with E-state index in [2.05, 4.69) is 34.4 Å². The minimum Gasteiger partial charge on any atom is -0.268 e. The van der Waals surface area contributed by atoms with Crippen LogP contribution in [-0.2, 0) is 6.54 Å². The van der Waals surface area contributed by atoms with Gasteiger partial charge in [-0.2, -0.15) is 0 Å². The highest BCUT2D eigenvalue weighted by Crippen LogP contribution is 2.12. The van der Waals surface area contributed by atoms with Crippen molar-refractivity contribution in [3.05, 3.63) is 40.9 Å². The number of aromatic nitrogens is 6. The average molecular weight is 270 g/mol. The smallest absolute Gasteiger partial charge is 0.268 e. The normalized spacial score (nSPS) is 11.3. The molecule has 0 aliphatic heterocycles. The zero-order valence-corrected chi connectivity index (χ0v) is 11.3. The Kier molecular flexibility index (Phi) is 3.02. The third-order valence-corrected chi connectivity index (χ3v) is 2.92. The zero-order valence-electron chi connectivity index (χ0n) is 11.3. The van der Waals surface area contributed by atoms with Crippen LogP contribution in [-0.4, -0.2) is 29.6 Å². The number of hydrogen-bond donors (Lipinski definition) is 0. The molecule has 0 unspecified atom stereocenters. The van der Waals surface area contributed by atoms with Crippen LogP contribution in [0.5, 0.6) is 0 Å². The van der Waals surface area contributed by atoms with E-state index in [-0.39, 0.29) is 5.56 Å². The highest BCUT2D eigenvalue weighted by atomic mass is 16.1. The molecule has 0 saturated carbocycles. The lowest BCUT2D eigenvalue weighted by Gasteiger charge is -2.07. The van der Waals surface area contributed by atoms with Gasteiger partial charge in [0.2, 0.25) is 0 Å². The molecule has 3 rings (SSSR count). The first kappa shape index (κ1) is 12.5. The second kappa shape index (κ2) is 4.84. The summed E-state index contributed by atoms with van der Waals surface area (Å²) in [6.07, 6.45) is 3.21. The van der Waals surface area contributed by atoms with Crippen molar-refractivity contribution in [2.45, 2.75) is 20.4 Å². The van der Waals surface area contributed by atoms with E-state index in [0.29, 0.717) is 29.5 Å². The van der Waals surface area contributed by atoms with Crippen molar-refractivity contribution in [2.24, 2.45) is 5.92 Å². The van der Waals surface area contributed by atoms with E-state index in [9.17, 15) is 4.79 Å². The van der Waals surface area contributed by atoms with Crippen molar-refractivity contribution < 1.29 is 0 Å². The lowest BCUT2D eigenvalue weighted by atomic mass is 10.2. The number of tetrazole rings is 1. The highest BCUT2D eigenvalue weighted by Gasteiger charge is 2.15. The minimum atomic E-state index is -0.171. The summed E-state index contributed by atoms with van der Waals surface area (Å²) < 4.78 is 3.13. The van der Waals surface area contributed by atoms with Gasteiger partial charge in [0.25, 0.3) is 5.56 Å². The summed E-state index contributed by atoms with van der Waals surface area (Å²) >= 11 is 0.